The summed E-state index contributed by atoms with van der Waals surface area (Å²) in [5.74, 6) is -0.0455. The van der Waals surface area contributed by atoms with Crippen LogP contribution in [-0.2, 0) is 20.7 Å². The van der Waals surface area contributed by atoms with Gasteiger partial charge < -0.3 is 19.5 Å². The number of esters is 1. The molecular formula is C21H20ClNO5. The molecule has 0 radical (unpaired) electrons. The van der Waals surface area contributed by atoms with Crippen molar-refractivity contribution in [3.05, 3.63) is 58.6 Å². The highest BCUT2D eigenvalue weighted by Gasteiger charge is 2.19. The van der Waals surface area contributed by atoms with Crippen LogP contribution in [-0.4, -0.2) is 24.8 Å². The van der Waals surface area contributed by atoms with Crippen molar-refractivity contribution in [1.82, 2.24) is 0 Å². The summed E-state index contributed by atoms with van der Waals surface area (Å²) in [5.41, 5.74) is 2.47. The van der Waals surface area contributed by atoms with E-state index in [0.717, 1.165) is 6.42 Å². The molecule has 28 heavy (non-hydrogen) atoms. The third-order valence-electron chi connectivity index (χ3n) is 4.15. The van der Waals surface area contributed by atoms with Gasteiger partial charge in [0.05, 0.1) is 5.02 Å². The Kier molecular flexibility index (Phi) is 6.21. The van der Waals surface area contributed by atoms with Gasteiger partial charge in [-0.2, -0.15) is 0 Å². The summed E-state index contributed by atoms with van der Waals surface area (Å²) in [6.07, 6.45) is 2.74. The zero-order chi connectivity index (χ0) is 20.1. The second-order valence-electron chi connectivity index (χ2n) is 6.19. The maximum atomic E-state index is 12.2. The average Bonchev–Trinajstić information content (AvgIpc) is 3.16. The van der Waals surface area contributed by atoms with Crippen LogP contribution in [0.5, 0.6) is 11.5 Å². The number of ether oxygens (including phenoxy) is 3. The van der Waals surface area contributed by atoms with E-state index < -0.39 is 18.0 Å². The first-order valence-electron chi connectivity index (χ1n) is 8.84. The van der Waals surface area contributed by atoms with Crippen molar-refractivity contribution in [3.8, 4) is 11.5 Å². The molecule has 2 aromatic rings. The van der Waals surface area contributed by atoms with Crippen molar-refractivity contribution in [2.45, 2.75) is 26.4 Å². The molecule has 6 nitrogen and oxygen atoms in total. The van der Waals surface area contributed by atoms with Crippen LogP contribution in [0.3, 0.4) is 0 Å². The smallest absolute Gasteiger partial charge is 0.331 e. The molecule has 0 bridgehead atoms. The van der Waals surface area contributed by atoms with E-state index in [-0.39, 0.29) is 6.79 Å². The number of rotatable bonds is 6. The molecule has 0 spiro atoms. The van der Waals surface area contributed by atoms with Gasteiger partial charge in [-0.25, -0.2) is 4.79 Å². The Morgan fingerprint density at radius 2 is 2.00 bits per heavy atom. The van der Waals surface area contributed by atoms with Gasteiger partial charge in [0.15, 0.2) is 17.6 Å². The molecule has 1 aliphatic heterocycles. The van der Waals surface area contributed by atoms with Gasteiger partial charge in [-0.3, -0.25) is 4.79 Å². The lowest BCUT2D eigenvalue weighted by atomic mass is 10.1. The maximum Gasteiger partial charge on any atom is 0.331 e. The van der Waals surface area contributed by atoms with E-state index in [4.69, 9.17) is 25.8 Å². The maximum absolute atomic E-state index is 12.2. The van der Waals surface area contributed by atoms with Gasteiger partial charge in [0.25, 0.3) is 5.91 Å². The van der Waals surface area contributed by atoms with Crippen LogP contribution in [0, 0.1) is 0 Å². The monoisotopic (exact) mass is 401 g/mol. The predicted molar refractivity (Wildman–Crippen MR) is 107 cm³/mol. The Labute approximate surface area is 168 Å². The molecule has 0 fully saturated rings. The van der Waals surface area contributed by atoms with Crippen LogP contribution in [0.2, 0.25) is 5.02 Å². The topological polar surface area (TPSA) is 73.9 Å². The van der Waals surface area contributed by atoms with Gasteiger partial charge in [0, 0.05) is 11.8 Å². The first kappa shape index (κ1) is 19.8. The van der Waals surface area contributed by atoms with Crippen LogP contribution < -0.4 is 14.8 Å². The molecule has 7 heteroatoms. The molecule has 1 amide bonds. The highest BCUT2D eigenvalue weighted by molar-refractivity contribution is 6.32. The van der Waals surface area contributed by atoms with E-state index in [1.807, 2.05) is 24.3 Å². The molecule has 0 aromatic heterocycles. The molecule has 0 saturated heterocycles. The number of fused-ring (bicyclic) bond motifs is 1. The van der Waals surface area contributed by atoms with Gasteiger partial charge in [0.2, 0.25) is 6.79 Å². The fraction of sp³-hybridized carbons (Fsp3) is 0.238. The number of hydrogen-bond donors (Lipinski definition) is 1. The first-order chi connectivity index (χ1) is 13.5. The number of nitrogens with one attached hydrogen (secondary N) is 1. The second kappa shape index (κ2) is 8.80. The predicted octanol–water partition coefficient (Wildman–Crippen LogP) is 4.21. The molecule has 146 valence electrons. The minimum absolute atomic E-state index is 0.109. The lowest BCUT2D eigenvalue weighted by Crippen LogP contribution is -2.29. The summed E-state index contributed by atoms with van der Waals surface area (Å²) in [4.78, 5) is 24.2. The summed E-state index contributed by atoms with van der Waals surface area (Å²) in [5, 5.41) is 3.11. The Balaban J connectivity index is 1.55. The Bertz CT molecular complexity index is 908. The van der Waals surface area contributed by atoms with Crippen LogP contribution in [0.15, 0.2) is 42.5 Å². The van der Waals surface area contributed by atoms with E-state index in [2.05, 4.69) is 12.2 Å². The number of anilines is 1. The first-order valence-corrected chi connectivity index (χ1v) is 9.21. The Hall–Kier alpha value is -2.99. The molecule has 0 saturated carbocycles. The van der Waals surface area contributed by atoms with Gasteiger partial charge in [-0.1, -0.05) is 30.7 Å². The number of carbonyl (C=O) groups excluding carboxylic acids is 2. The lowest BCUT2D eigenvalue weighted by molar-refractivity contribution is -0.148. The van der Waals surface area contributed by atoms with Crippen LogP contribution in [0.25, 0.3) is 6.08 Å². The minimum atomic E-state index is -0.941. The molecule has 2 aromatic carbocycles. The van der Waals surface area contributed by atoms with Crippen molar-refractivity contribution in [1.29, 1.82) is 0 Å². The largest absolute Gasteiger partial charge is 0.454 e. The molecule has 1 atom stereocenters. The summed E-state index contributed by atoms with van der Waals surface area (Å²) in [7, 11) is 0. The van der Waals surface area contributed by atoms with Crippen LogP contribution in [0.1, 0.15) is 25.0 Å². The van der Waals surface area contributed by atoms with Crippen LogP contribution in [0.4, 0.5) is 5.69 Å². The SMILES string of the molecule is CCc1ccc(NC(=O)[C@@H](C)OC(=O)/C=C/c2cc(Cl)c3c(c2)OCO3)cc1. The zero-order valence-electron chi connectivity index (χ0n) is 15.5. The fourth-order valence-electron chi connectivity index (χ4n) is 2.58. The van der Waals surface area contributed by atoms with E-state index in [1.165, 1.54) is 24.6 Å². The minimum Gasteiger partial charge on any atom is -0.454 e. The third kappa shape index (κ3) is 4.84. The van der Waals surface area contributed by atoms with E-state index in [0.29, 0.717) is 27.8 Å². The third-order valence-corrected chi connectivity index (χ3v) is 4.43. The summed E-state index contributed by atoms with van der Waals surface area (Å²) >= 11 is 6.10. The van der Waals surface area contributed by atoms with E-state index >= 15 is 0 Å². The number of carbonyl (C=O) groups is 2. The standard InChI is InChI=1S/C21H20ClNO5/c1-3-14-4-7-16(8-5-14)23-21(25)13(2)28-19(24)9-6-15-10-17(22)20-18(11-15)26-12-27-20/h4-11,13H,3,12H2,1-2H3,(H,23,25)/b9-6+/t13-/m1/s1. The molecule has 1 aliphatic rings. The number of hydrogen-bond acceptors (Lipinski definition) is 5. The highest BCUT2D eigenvalue weighted by atomic mass is 35.5. The van der Waals surface area contributed by atoms with Crippen molar-refractivity contribution >= 4 is 35.2 Å². The van der Waals surface area contributed by atoms with Gasteiger partial charge >= 0.3 is 5.97 Å². The number of halogens is 1. The van der Waals surface area contributed by atoms with Gasteiger partial charge in [0.1, 0.15) is 0 Å². The van der Waals surface area contributed by atoms with Gasteiger partial charge in [-0.05, 0) is 54.8 Å². The van der Waals surface area contributed by atoms with Crippen molar-refractivity contribution in [2.24, 2.45) is 0 Å². The Morgan fingerprint density at radius 1 is 1.25 bits per heavy atom. The fourth-order valence-corrected chi connectivity index (χ4v) is 2.86. The molecular weight excluding hydrogens is 382 g/mol. The van der Waals surface area contributed by atoms with Crippen molar-refractivity contribution in [3.63, 3.8) is 0 Å². The molecule has 3 rings (SSSR count). The molecule has 1 heterocycles. The summed E-state index contributed by atoms with van der Waals surface area (Å²) in [6, 6.07) is 10.9. The number of amides is 1. The normalized spacial score (nSPS) is 13.4. The van der Waals surface area contributed by atoms with E-state index in [1.54, 1.807) is 12.1 Å². The molecule has 1 N–H and O–H groups in total. The Morgan fingerprint density at radius 3 is 2.71 bits per heavy atom. The number of benzene rings is 2. The quantitative estimate of drug-likeness (QED) is 0.579. The van der Waals surface area contributed by atoms with E-state index in [9.17, 15) is 9.59 Å². The van der Waals surface area contributed by atoms with Crippen molar-refractivity contribution < 1.29 is 23.8 Å². The van der Waals surface area contributed by atoms with Crippen LogP contribution >= 0.6 is 11.6 Å². The van der Waals surface area contributed by atoms with Crippen molar-refractivity contribution in [2.75, 3.05) is 12.1 Å². The zero-order valence-corrected chi connectivity index (χ0v) is 16.3. The summed E-state index contributed by atoms with van der Waals surface area (Å²) < 4.78 is 15.7. The highest BCUT2D eigenvalue weighted by Crippen LogP contribution is 2.40. The second-order valence-corrected chi connectivity index (χ2v) is 6.60. The molecule has 0 unspecified atom stereocenters. The molecule has 0 aliphatic carbocycles. The summed E-state index contributed by atoms with van der Waals surface area (Å²) in [6.45, 7) is 3.68. The van der Waals surface area contributed by atoms with Gasteiger partial charge in [-0.15, -0.1) is 0 Å². The average molecular weight is 402 g/mol. The number of aryl methyl sites for hydroxylation is 1. The lowest BCUT2D eigenvalue weighted by Gasteiger charge is -2.12.